The number of aryl methyl sites for hydroxylation is 1. The zero-order valence-corrected chi connectivity index (χ0v) is 11.2. The molecular weight excluding hydrogens is 302 g/mol. The Morgan fingerprint density at radius 2 is 1.67 bits per heavy atom. The SMILES string of the molecule is CCc1cc(CC(=O)OC)cc(C(F)(F)F)c1C(F)(F)F. The van der Waals surface area contributed by atoms with E-state index < -0.39 is 41.4 Å². The summed E-state index contributed by atoms with van der Waals surface area (Å²) in [6.07, 6.45) is -11.1. The van der Waals surface area contributed by atoms with Crippen molar-refractivity contribution in [2.75, 3.05) is 7.11 Å². The molecule has 0 aliphatic rings. The van der Waals surface area contributed by atoms with Crippen molar-refractivity contribution in [3.05, 3.63) is 34.4 Å². The number of rotatable bonds is 3. The maximum atomic E-state index is 12.9. The van der Waals surface area contributed by atoms with Crippen molar-refractivity contribution >= 4 is 5.97 Å². The van der Waals surface area contributed by atoms with Crippen LogP contribution in [-0.2, 0) is 34.7 Å². The average Bonchev–Trinajstić information content (AvgIpc) is 2.35. The van der Waals surface area contributed by atoms with Gasteiger partial charge in [0, 0.05) is 0 Å². The van der Waals surface area contributed by atoms with Gasteiger partial charge >= 0.3 is 18.3 Å². The largest absolute Gasteiger partial charge is 0.469 e. The van der Waals surface area contributed by atoms with Crippen LogP contribution in [0.15, 0.2) is 12.1 Å². The Morgan fingerprint density at radius 3 is 2.05 bits per heavy atom. The van der Waals surface area contributed by atoms with Gasteiger partial charge in [0.05, 0.1) is 24.7 Å². The molecule has 0 saturated carbocycles. The maximum Gasteiger partial charge on any atom is 0.417 e. The van der Waals surface area contributed by atoms with Gasteiger partial charge in [-0.25, -0.2) is 0 Å². The second-order valence-electron chi connectivity index (χ2n) is 4.28. The molecule has 2 nitrogen and oxygen atoms in total. The molecule has 0 aromatic heterocycles. The normalized spacial score (nSPS) is 12.4. The molecule has 1 aromatic rings. The highest BCUT2D eigenvalue weighted by atomic mass is 19.4. The van der Waals surface area contributed by atoms with Gasteiger partial charge in [-0.05, 0) is 23.6 Å². The number of methoxy groups -OCH3 is 1. The summed E-state index contributed by atoms with van der Waals surface area (Å²) in [7, 11) is 1.04. The Morgan fingerprint density at radius 1 is 1.10 bits per heavy atom. The first-order valence-corrected chi connectivity index (χ1v) is 5.87. The molecule has 1 aromatic carbocycles. The summed E-state index contributed by atoms with van der Waals surface area (Å²) < 4.78 is 81.6. The first kappa shape index (κ1) is 17.3. The molecule has 0 saturated heterocycles. The fourth-order valence-corrected chi connectivity index (χ4v) is 1.95. The number of alkyl halides is 6. The molecule has 0 amide bonds. The third-order valence-corrected chi connectivity index (χ3v) is 2.83. The van der Waals surface area contributed by atoms with Gasteiger partial charge in [-0.1, -0.05) is 13.0 Å². The molecule has 0 bridgehead atoms. The highest BCUT2D eigenvalue weighted by Crippen LogP contribution is 2.42. The van der Waals surface area contributed by atoms with Crippen molar-refractivity contribution in [3.8, 4) is 0 Å². The second-order valence-corrected chi connectivity index (χ2v) is 4.28. The molecule has 0 spiro atoms. The van der Waals surface area contributed by atoms with Crippen LogP contribution >= 0.6 is 0 Å². The van der Waals surface area contributed by atoms with Gasteiger partial charge in [0.25, 0.3) is 0 Å². The number of ether oxygens (including phenoxy) is 1. The quantitative estimate of drug-likeness (QED) is 0.622. The minimum absolute atomic E-state index is 0.168. The van der Waals surface area contributed by atoms with Crippen molar-refractivity contribution in [1.29, 1.82) is 0 Å². The summed E-state index contributed by atoms with van der Waals surface area (Å²) in [5, 5.41) is 0. The molecule has 118 valence electrons. The molecule has 0 unspecified atom stereocenters. The van der Waals surface area contributed by atoms with Crippen LogP contribution in [0, 0.1) is 0 Å². The van der Waals surface area contributed by atoms with Gasteiger partial charge in [0.2, 0.25) is 0 Å². The Bertz CT molecular complexity index is 531. The highest BCUT2D eigenvalue weighted by Gasteiger charge is 2.44. The van der Waals surface area contributed by atoms with Crippen LogP contribution < -0.4 is 0 Å². The Kier molecular flexibility index (Phi) is 4.91. The predicted octanol–water partition coefficient (Wildman–Crippen LogP) is 4.00. The maximum absolute atomic E-state index is 12.9. The molecule has 0 N–H and O–H groups in total. The van der Waals surface area contributed by atoms with Gasteiger partial charge in [-0.15, -0.1) is 0 Å². The van der Waals surface area contributed by atoms with Crippen LogP contribution in [0.2, 0.25) is 0 Å². The number of esters is 1. The lowest BCUT2D eigenvalue weighted by atomic mass is 9.94. The van der Waals surface area contributed by atoms with E-state index in [4.69, 9.17) is 0 Å². The summed E-state index contributed by atoms with van der Waals surface area (Å²) >= 11 is 0. The number of carbonyl (C=O) groups excluding carboxylic acids is 1. The van der Waals surface area contributed by atoms with Gasteiger partial charge in [-0.3, -0.25) is 4.79 Å². The van der Waals surface area contributed by atoms with E-state index >= 15 is 0 Å². The van der Waals surface area contributed by atoms with Gasteiger partial charge < -0.3 is 4.74 Å². The Balaban J connectivity index is 3.55. The minimum Gasteiger partial charge on any atom is -0.469 e. The summed E-state index contributed by atoms with van der Waals surface area (Å²) in [6, 6.07) is 1.30. The summed E-state index contributed by atoms with van der Waals surface area (Å²) in [5.41, 5.74) is -4.16. The smallest absolute Gasteiger partial charge is 0.417 e. The first-order chi connectivity index (χ1) is 9.50. The molecule has 0 aliphatic carbocycles. The van der Waals surface area contributed by atoms with E-state index in [1.807, 2.05) is 0 Å². The standard InChI is InChI=1S/C13H12F6O2/c1-3-8-4-7(6-10(20)21-2)5-9(12(14,15)16)11(8)13(17,18)19/h4-5H,3,6H2,1-2H3. The van der Waals surface area contributed by atoms with Crippen LogP contribution in [0.5, 0.6) is 0 Å². The first-order valence-electron chi connectivity index (χ1n) is 5.87. The molecular formula is C13H12F6O2. The van der Waals surface area contributed by atoms with E-state index in [2.05, 4.69) is 4.74 Å². The predicted molar refractivity (Wildman–Crippen MR) is 61.5 cm³/mol. The fourth-order valence-electron chi connectivity index (χ4n) is 1.95. The van der Waals surface area contributed by atoms with Crippen molar-refractivity contribution in [2.24, 2.45) is 0 Å². The molecule has 0 heterocycles. The molecule has 8 heteroatoms. The lowest BCUT2D eigenvalue weighted by Gasteiger charge is -2.20. The third-order valence-electron chi connectivity index (χ3n) is 2.83. The minimum atomic E-state index is -5.17. The van der Waals surface area contributed by atoms with E-state index in [1.165, 1.54) is 6.92 Å². The molecule has 0 atom stereocenters. The topological polar surface area (TPSA) is 26.3 Å². The fraction of sp³-hybridized carbons (Fsp3) is 0.462. The van der Waals surface area contributed by atoms with Crippen molar-refractivity contribution in [1.82, 2.24) is 0 Å². The van der Waals surface area contributed by atoms with E-state index in [9.17, 15) is 31.1 Å². The zero-order valence-electron chi connectivity index (χ0n) is 11.2. The number of benzene rings is 1. The number of hydrogen-bond donors (Lipinski definition) is 0. The van der Waals surface area contributed by atoms with Crippen molar-refractivity contribution in [2.45, 2.75) is 32.1 Å². The van der Waals surface area contributed by atoms with Crippen LogP contribution in [0.4, 0.5) is 26.3 Å². The van der Waals surface area contributed by atoms with E-state index in [0.29, 0.717) is 6.07 Å². The lowest BCUT2D eigenvalue weighted by molar-refractivity contribution is -0.162. The van der Waals surface area contributed by atoms with Crippen LogP contribution in [0.3, 0.4) is 0 Å². The monoisotopic (exact) mass is 314 g/mol. The van der Waals surface area contributed by atoms with Crippen LogP contribution in [-0.4, -0.2) is 13.1 Å². The second kappa shape index (κ2) is 5.95. The number of carbonyl (C=O) groups is 1. The average molecular weight is 314 g/mol. The molecule has 0 radical (unpaired) electrons. The number of hydrogen-bond acceptors (Lipinski definition) is 2. The van der Waals surface area contributed by atoms with Gasteiger partial charge in [-0.2, -0.15) is 26.3 Å². The Hall–Kier alpha value is -1.73. The van der Waals surface area contributed by atoms with E-state index in [0.717, 1.165) is 13.2 Å². The molecule has 21 heavy (non-hydrogen) atoms. The zero-order chi connectivity index (χ0) is 16.4. The molecule has 0 fully saturated rings. The van der Waals surface area contributed by atoms with Crippen LogP contribution in [0.1, 0.15) is 29.2 Å². The molecule has 0 aliphatic heterocycles. The van der Waals surface area contributed by atoms with Crippen molar-refractivity contribution < 1.29 is 35.9 Å². The third kappa shape index (κ3) is 4.12. The van der Waals surface area contributed by atoms with E-state index in [1.54, 1.807) is 0 Å². The summed E-state index contributed by atoms with van der Waals surface area (Å²) in [5.74, 6) is -0.829. The van der Waals surface area contributed by atoms with Crippen LogP contribution in [0.25, 0.3) is 0 Å². The molecule has 1 rings (SSSR count). The highest BCUT2D eigenvalue weighted by molar-refractivity contribution is 5.72. The van der Waals surface area contributed by atoms with Crippen molar-refractivity contribution in [3.63, 3.8) is 0 Å². The Labute approximate surface area is 116 Å². The van der Waals surface area contributed by atoms with E-state index in [-0.39, 0.29) is 12.0 Å². The van der Waals surface area contributed by atoms with Gasteiger partial charge in [0.15, 0.2) is 0 Å². The summed E-state index contributed by atoms with van der Waals surface area (Å²) in [6.45, 7) is 1.31. The summed E-state index contributed by atoms with van der Waals surface area (Å²) in [4.78, 5) is 11.1. The lowest BCUT2D eigenvalue weighted by Crippen LogP contribution is -2.20. The number of halogens is 6. The van der Waals surface area contributed by atoms with Gasteiger partial charge in [0.1, 0.15) is 0 Å².